The van der Waals surface area contributed by atoms with E-state index < -0.39 is 97.5 Å². The van der Waals surface area contributed by atoms with E-state index in [1.807, 2.05) is 0 Å². The van der Waals surface area contributed by atoms with Crippen molar-refractivity contribution in [3.63, 3.8) is 0 Å². The minimum absolute atomic E-state index is 0.105. The Hall–Kier alpha value is -1.94. The Morgan fingerprint density at radius 2 is 0.597 bits per heavy atom. The van der Waals surface area contributed by atoms with Crippen LogP contribution in [0.15, 0.2) is 0 Å². The maximum Gasteiger partial charge on any atom is 0.472 e. The molecule has 0 aromatic heterocycles. The van der Waals surface area contributed by atoms with Gasteiger partial charge in [-0.15, -0.1) is 0 Å². The van der Waals surface area contributed by atoms with Crippen LogP contribution in [0.25, 0.3) is 0 Å². The van der Waals surface area contributed by atoms with Crippen molar-refractivity contribution in [2.24, 2.45) is 5.92 Å². The summed E-state index contributed by atoms with van der Waals surface area (Å²) in [7, 11) is -9.86. The first-order chi connectivity index (χ1) is 37.0. The van der Waals surface area contributed by atoms with Gasteiger partial charge in [0.15, 0.2) is 12.2 Å². The second kappa shape index (κ2) is 52.2. The minimum Gasteiger partial charge on any atom is -0.462 e. The molecule has 0 spiro atoms. The first-order valence-electron chi connectivity index (χ1n) is 30.6. The number of phosphoric acid groups is 2. The molecule has 456 valence electrons. The zero-order valence-corrected chi connectivity index (χ0v) is 50.9. The lowest BCUT2D eigenvalue weighted by Gasteiger charge is -2.21. The highest BCUT2D eigenvalue weighted by molar-refractivity contribution is 7.47. The van der Waals surface area contributed by atoms with Gasteiger partial charge in [0, 0.05) is 25.7 Å². The van der Waals surface area contributed by atoms with E-state index in [0.29, 0.717) is 25.7 Å². The van der Waals surface area contributed by atoms with Gasteiger partial charge in [-0.2, -0.15) is 0 Å². The Balaban J connectivity index is 5.18. The third kappa shape index (κ3) is 53.2. The SMILES string of the molecule is CCCCCCCCCCCCCCC(=O)O[C@H](COC(=O)CCCCCCCCCCC(C)C)COP(=O)(O)OC[C@@H](O)COP(=O)(O)OC[C@@H](COC(=O)CCCCCCC)OC(=O)CCCCCCCCCCC. The van der Waals surface area contributed by atoms with E-state index in [2.05, 4.69) is 34.6 Å². The first kappa shape index (κ1) is 75.1. The molecule has 0 aliphatic heterocycles. The topological polar surface area (TPSA) is 237 Å². The lowest BCUT2D eigenvalue weighted by molar-refractivity contribution is -0.161. The molecule has 19 heteroatoms. The van der Waals surface area contributed by atoms with Crippen molar-refractivity contribution in [3.8, 4) is 0 Å². The van der Waals surface area contributed by atoms with Crippen LogP contribution in [-0.4, -0.2) is 96.7 Å². The van der Waals surface area contributed by atoms with E-state index in [4.69, 9.17) is 37.0 Å². The van der Waals surface area contributed by atoms with Gasteiger partial charge in [0.05, 0.1) is 26.4 Å². The summed E-state index contributed by atoms with van der Waals surface area (Å²) >= 11 is 0. The molecule has 0 aromatic carbocycles. The number of rotatable bonds is 58. The minimum atomic E-state index is -4.94. The predicted octanol–water partition coefficient (Wildman–Crippen LogP) is 15.5. The zero-order valence-electron chi connectivity index (χ0n) is 49.1. The lowest BCUT2D eigenvalue weighted by atomic mass is 10.0. The Kier molecular flexibility index (Phi) is 50.8. The maximum atomic E-state index is 12.9. The molecule has 5 atom stereocenters. The average molecular weight is 1140 g/mol. The third-order valence-electron chi connectivity index (χ3n) is 13.3. The summed E-state index contributed by atoms with van der Waals surface area (Å²) in [5.41, 5.74) is 0. The van der Waals surface area contributed by atoms with Crippen LogP contribution in [0, 0.1) is 5.92 Å². The Morgan fingerprint density at radius 1 is 0.351 bits per heavy atom. The van der Waals surface area contributed by atoms with Crippen molar-refractivity contribution in [3.05, 3.63) is 0 Å². The largest absolute Gasteiger partial charge is 0.472 e. The molecule has 0 fully saturated rings. The summed E-state index contributed by atoms with van der Waals surface area (Å²) in [4.78, 5) is 71.6. The fraction of sp³-hybridized carbons (Fsp3) is 0.931. The van der Waals surface area contributed by atoms with Gasteiger partial charge in [-0.1, -0.05) is 234 Å². The summed E-state index contributed by atoms with van der Waals surface area (Å²) in [6, 6.07) is 0. The van der Waals surface area contributed by atoms with Crippen molar-refractivity contribution >= 4 is 39.5 Å². The van der Waals surface area contributed by atoms with E-state index >= 15 is 0 Å². The number of aliphatic hydroxyl groups is 1. The molecule has 0 aliphatic carbocycles. The van der Waals surface area contributed by atoms with Crippen molar-refractivity contribution in [2.75, 3.05) is 39.6 Å². The number of aliphatic hydroxyl groups excluding tert-OH is 1. The number of carbonyl (C=O) groups excluding carboxylic acids is 4. The molecule has 0 rings (SSSR count). The highest BCUT2D eigenvalue weighted by Gasteiger charge is 2.30. The van der Waals surface area contributed by atoms with Crippen LogP contribution >= 0.6 is 15.6 Å². The van der Waals surface area contributed by atoms with Crippen LogP contribution in [-0.2, 0) is 65.4 Å². The average Bonchev–Trinajstić information content (AvgIpc) is 3.39. The highest BCUT2D eigenvalue weighted by Crippen LogP contribution is 2.45. The number of carbonyl (C=O) groups is 4. The molecule has 0 saturated carbocycles. The Labute approximate surface area is 467 Å². The van der Waals surface area contributed by atoms with E-state index in [-0.39, 0.29) is 25.7 Å². The van der Waals surface area contributed by atoms with Gasteiger partial charge in [-0.3, -0.25) is 37.3 Å². The first-order valence-corrected chi connectivity index (χ1v) is 33.6. The van der Waals surface area contributed by atoms with Gasteiger partial charge >= 0.3 is 39.5 Å². The number of unbranched alkanes of at least 4 members (excludes halogenated alkanes) is 30. The fourth-order valence-electron chi connectivity index (χ4n) is 8.52. The zero-order chi connectivity index (χ0) is 57.1. The van der Waals surface area contributed by atoms with Crippen LogP contribution < -0.4 is 0 Å². The number of hydrogen-bond donors (Lipinski definition) is 3. The molecular weight excluding hydrogens is 1030 g/mol. The normalized spacial score (nSPS) is 14.4. The van der Waals surface area contributed by atoms with Crippen LogP contribution in [0.4, 0.5) is 0 Å². The summed E-state index contributed by atoms with van der Waals surface area (Å²) in [5, 5.41) is 10.5. The van der Waals surface area contributed by atoms with Gasteiger partial charge in [0.2, 0.25) is 0 Å². The van der Waals surface area contributed by atoms with Crippen molar-refractivity contribution in [1.82, 2.24) is 0 Å². The smallest absolute Gasteiger partial charge is 0.462 e. The number of hydrogen-bond acceptors (Lipinski definition) is 15. The van der Waals surface area contributed by atoms with Gasteiger partial charge in [-0.05, 0) is 31.6 Å². The standard InChI is InChI=1S/C58H112O17P2/c1-6-9-12-15-17-19-20-21-23-29-34-39-44-58(63)75-54(48-69-56(61)42-37-32-27-25-24-26-31-35-40-51(4)5)50-73-77(66,67)71-46-52(59)45-70-76(64,65)72-49-53(47-68-55(60)41-36-30-14-11-8-3)74-57(62)43-38-33-28-22-18-16-13-10-7-2/h51-54,59H,6-50H2,1-5H3,(H,64,65)(H,66,67)/t52-,53+,54+/m0/s1. The molecule has 0 radical (unpaired) electrons. The van der Waals surface area contributed by atoms with Crippen LogP contribution in [0.2, 0.25) is 0 Å². The van der Waals surface area contributed by atoms with Crippen molar-refractivity contribution < 1.29 is 80.2 Å². The predicted molar refractivity (Wildman–Crippen MR) is 303 cm³/mol. The third-order valence-corrected chi connectivity index (χ3v) is 15.2. The second-order valence-corrected chi connectivity index (χ2v) is 24.4. The number of ether oxygens (including phenoxy) is 4. The molecule has 3 N–H and O–H groups in total. The van der Waals surface area contributed by atoms with Gasteiger partial charge in [0.25, 0.3) is 0 Å². The monoisotopic (exact) mass is 1140 g/mol. The Bertz CT molecular complexity index is 1520. The molecule has 2 unspecified atom stereocenters. The van der Waals surface area contributed by atoms with Crippen molar-refractivity contribution in [1.29, 1.82) is 0 Å². The molecule has 17 nitrogen and oxygen atoms in total. The fourth-order valence-corrected chi connectivity index (χ4v) is 10.1. The van der Waals surface area contributed by atoms with E-state index in [1.54, 1.807) is 0 Å². The van der Waals surface area contributed by atoms with Gasteiger partial charge < -0.3 is 33.8 Å². The summed E-state index contributed by atoms with van der Waals surface area (Å²) < 4.78 is 67.5. The maximum absolute atomic E-state index is 12.9. The Morgan fingerprint density at radius 3 is 0.883 bits per heavy atom. The van der Waals surface area contributed by atoms with Crippen molar-refractivity contribution in [2.45, 2.75) is 303 Å². The molecule has 0 heterocycles. The van der Waals surface area contributed by atoms with E-state index in [1.165, 1.54) is 103 Å². The summed E-state index contributed by atoms with van der Waals surface area (Å²) in [5.74, 6) is -1.43. The molecular formula is C58H112O17P2. The van der Waals surface area contributed by atoms with E-state index in [0.717, 1.165) is 102 Å². The molecule has 0 aromatic rings. The van der Waals surface area contributed by atoms with Gasteiger partial charge in [-0.25, -0.2) is 9.13 Å². The highest BCUT2D eigenvalue weighted by atomic mass is 31.2. The van der Waals surface area contributed by atoms with E-state index in [9.17, 15) is 43.2 Å². The summed E-state index contributed by atoms with van der Waals surface area (Å²) in [6.45, 7) is 7.01. The lowest BCUT2D eigenvalue weighted by Crippen LogP contribution is -2.30. The molecule has 0 saturated heterocycles. The number of esters is 4. The number of phosphoric ester groups is 2. The van der Waals surface area contributed by atoms with Crippen LogP contribution in [0.3, 0.4) is 0 Å². The molecule has 0 bridgehead atoms. The second-order valence-electron chi connectivity index (χ2n) is 21.5. The summed E-state index contributed by atoms with van der Waals surface area (Å²) in [6.07, 6.45) is 33.8. The van der Waals surface area contributed by atoms with Crippen LogP contribution in [0.5, 0.6) is 0 Å². The van der Waals surface area contributed by atoms with Crippen LogP contribution in [0.1, 0.15) is 285 Å². The molecule has 0 amide bonds. The quantitative estimate of drug-likeness (QED) is 0.0222. The molecule has 0 aliphatic rings. The van der Waals surface area contributed by atoms with Gasteiger partial charge in [0.1, 0.15) is 19.3 Å². The molecule has 77 heavy (non-hydrogen) atoms.